The first kappa shape index (κ1) is 13.0. The highest BCUT2D eigenvalue weighted by Crippen LogP contribution is 2.26. The van der Waals surface area contributed by atoms with Gasteiger partial charge in [0.2, 0.25) is 0 Å². The van der Waals surface area contributed by atoms with Crippen LogP contribution in [0.25, 0.3) is 0 Å². The molecular formula is C15H20N2S. The molecule has 0 amide bonds. The molecule has 96 valence electrons. The predicted octanol–water partition coefficient (Wildman–Crippen LogP) is 4.38. The molecule has 0 fully saturated rings. The van der Waals surface area contributed by atoms with Crippen molar-refractivity contribution < 1.29 is 0 Å². The molecule has 18 heavy (non-hydrogen) atoms. The van der Waals surface area contributed by atoms with Crippen LogP contribution in [0.15, 0.2) is 41.8 Å². The summed E-state index contributed by atoms with van der Waals surface area (Å²) in [6.45, 7) is 2.21. The topological polar surface area (TPSA) is 15.3 Å². The van der Waals surface area contributed by atoms with Gasteiger partial charge in [0.25, 0.3) is 0 Å². The van der Waals surface area contributed by atoms with Crippen molar-refractivity contribution in [2.24, 2.45) is 0 Å². The molecule has 0 saturated heterocycles. The van der Waals surface area contributed by atoms with Crippen LogP contribution in [-0.4, -0.2) is 14.1 Å². The fraction of sp³-hybridized carbons (Fsp3) is 0.333. The molecule has 1 N–H and O–H groups in total. The van der Waals surface area contributed by atoms with E-state index in [2.05, 4.69) is 73.0 Å². The first-order chi connectivity index (χ1) is 8.70. The first-order valence-corrected chi connectivity index (χ1v) is 7.16. The molecule has 0 aliphatic rings. The fourth-order valence-electron chi connectivity index (χ4n) is 1.92. The molecule has 1 aromatic heterocycles. The molecule has 1 aromatic carbocycles. The number of benzene rings is 1. The van der Waals surface area contributed by atoms with E-state index in [9.17, 15) is 0 Å². The van der Waals surface area contributed by atoms with E-state index in [1.165, 1.54) is 16.3 Å². The lowest BCUT2D eigenvalue weighted by atomic mass is 10.1. The van der Waals surface area contributed by atoms with Crippen molar-refractivity contribution in [1.82, 2.24) is 0 Å². The lowest BCUT2D eigenvalue weighted by molar-refractivity contribution is 0.764. The number of nitrogens with one attached hydrogen (secondary N) is 1. The van der Waals surface area contributed by atoms with Gasteiger partial charge in [-0.1, -0.05) is 13.0 Å². The molecule has 1 heterocycles. The molecule has 2 nitrogen and oxygen atoms in total. The molecule has 0 bridgehead atoms. The summed E-state index contributed by atoms with van der Waals surface area (Å²) in [4.78, 5) is 3.51. The Labute approximate surface area is 113 Å². The van der Waals surface area contributed by atoms with Crippen molar-refractivity contribution in [2.75, 3.05) is 24.3 Å². The molecule has 3 heteroatoms. The summed E-state index contributed by atoms with van der Waals surface area (Å²) in [5.41, 5.74) is 2.41. The number of anilines is 2. The van der Waals surface area contributed by atoms with Gasteiger partial charge in [-0.15, -0.1) is 11.3 Å². The van der Waals surface area contributed by atoms with E-state index in [-0.39, 0.29) is 0 Å². The highest BCUT2D eigenvalue weighted by molar-refractivity contribution is 7.10. The van der Waals surface area contributed by atoms with Gasteiger partial charge in [0, 0.05) is 30.3 Å². The lowest BCUT2D eigenvalue weighted by Gasteiger charge is -2.18. The van der Waals surface area contributed by atoms with Crippen molar-refractivity contribution in [1.29, 1.82) is 0 Å². The standard InChI is InChI=1S/C15H20N2S/c1-4-14(15-6-5-11-18-15)16-12-7-9-13(10-8-12)17(2)3/h5-11,14,16H,4H2,1-3H3. The summed E-state index contributed by atoms with van der Waals surface area (Å²) in [6.07, 6.45) is 1.09. The molecule has 0 radical (unpaired) electrons. The summed E-state index contributed by atoms with van der Waals surface area (Å²) >= 11 is 1.81. The van der Waals surface area contributed by atoms with E-state index in [0.717, 1.165) is 6.42 Å². The molecule has 1 atom stereocenters. The van der Waals surface area contributed by atoms with Gasteiger partial charge in [-0.25, -0.2) is 0 Å². The summed E-state index contributed by atoms with van der Waals surface area (Å²) < 4.78 is 0. The molecule has 1 unspecified atom stereocenters. The van der Waals surface area contributed by atoms with Crippen LogP contribution in [0.5, 0.6) is 0 Å². The number of nitrogens with zero attached hydrogens (tertiary/aromatic N) is 1. The highest BCUT2D eigenvalue weighted by atomic mass is 32.1. The number of hydrogen-bond donors (Lipinski definition) is 1. The van der Waals surface area contributed by atoms with E-state index >= 15 is 0 Å². The number of hydrogen-bond acceptors (Lipinski definition) is 3. The Morgan fingerprint density at radius 1 is 1.17 bits per heavy atom. The first-order valence-electron chi connectivity index (χ1n) is 6.28. The zero-order chi connectivity index (χ0) is 13.0. The molecule has 2 rings (SSSR count). The summed E-state index contributed by atoms with van der Waals surface area (Å²) in [6, 6.07) is 13.3. The van der Waals surface area contributed by atoms with Gasteiger partial charge < -0.3 is 10.2 Å². The van der Waals surface area contributed by atoms with Crippen molar-refractivity contribution in [3.05, 3.63) is 46.7 Å². The average molecular weight is 260 g/mol. The number of rotatable bonds is 5. The minimum Gasteiger partial charge on any atom is -0.378 e. The molecule has 0 spiro atoms. The summed E-state index contributed by atoms with van der Waals surface area (Å²) in [5.74, 6) is 0. The van der Waals surface area contributed by atoms with E-state index in [0.29, 0.717) is 6.04 Å². The highest BCUT2D eigenvalue weighted by Gasteiger charge is 2.09. The van der Waals surface area contributed by atoms with Gasteiger partial charge >= 0.3 is 0 Å². The van der Waals surface area contributed by atoms with Crippen LogP contribution < -0.4 is 10.2 Å². The van der Waals surface area contributed by atoms with Crippen LogP contribution >= 0.6 is 11.3 Å². The van der Waals surface area contributed by atoms with Crippen molar-refractivity contribution >= 4 is 22.7 Å². The molecule has 0 saturated carbocycles. The normalized spacial score (nSPS) is 12.2. The maximum atomic E-state index is 3.59. The second kappa shape index (κ2) is 5.91. The second-order valence-corrected chi connectivity index (χ2v) is 5.54. The largest absolute Gasteiger partial charge is 0.378 e. The molecule has 2 aromatic rings. The van der Waals surface area contributed by atoms with Gasteiger partial charge in [0.1, 0.15) is 0 Å². The summed E-state index contributed by atoms with van der Waals surface area (Å²) in [5, 5.41) is 5.72. The fourth-order valence-corrected chi connectivity index (χ4v) is 2.78. The third-order valence-corrected chi connectivity index (χ3v) is 4.01. The van der Waals surface area contributed by atoms with Crippen molar-refractivity contribution in [3.8, 4) is 0 Å². The van der Waals surface area contributed by atoms with E-state index in [4.69, 9.17) is 0 Å². The van der Waals surface area contributed by atoms with E-state index in [1.54, 1.807) is 0 Å². The van der Waals surface area contributed by atoms with Crippen LogP contribution in [0.1, 0.15) is 24.3 Å². The van der Waals surface area contributed by atoms with Crippen molar-refractivity contribution in [3.63, 3.8) is 0 Å². The second-order valence-electron chi connectivity index (χ2n) is 4.56. The van der Waals surface area contributed by atoms with E-state index < -0.39 is 0 Å². The van der Waals surface area contributed by atoms with Crippen LogP contribution in [-0.2, 0) is 0 Å². The average Bonchev–Trinajstić information content (AvgIpc) is 2.90. The van der Waals surface area contributed by atoms with Gasteiger partial charge in [-0.05, 0) is 42.1 Å². The Kier molecular flexibility index (Phi) is 4.26. The number of thiophene rings is 1. The van der Waals surface area contributed by atoms with Crippen LogP contribution in [0.2, 0.25) is 0 Å². The van der Waals surface area contributed by atoms with Crippen LogP contribution in [0, 0.1) is 0 Å². The minimum absolute atomic E-state index is 0.412. The van der Waals surface area contributed by atoms with Gasteiger partial charge in [0.15, 0.2) is 0 Å². The Bertz CT molecular complexity index is 460. The zero-order valence-corrected chi connectivity index (χ0v) is 12.0. The lowest BCUT2D eigenvalue weighted by Crippen LogP contribution is -2.10. The van der Waals surface area contributed by atoms with Crippen LogP contribution in [0.3, 0.4) is 0 Å². The van der Waals surface area contributed by atoms with Gasteiger partial charge in [0.05, 0.1) is 6.04 Å². The molecule has 0 aliphatic carbocycles. The zero-order valence-electron chi connectivity index (χ0n) is 11.2. The molecular weight excluding hydrogens is 240 g/mol. The van der Waals surface area contributed by atoms with Gasteiger partial charge in [-0.3, -0.25) is 0 Å². The SMILES string of the molecule is CCC(Nc1ccc(N(C)C)cc1)c1cccs1. The Morgan fingerprint density at radius 3 is 2.39 bits per heavy atom. The third-order valence-electron chi connectivity index (χ3n) is 3.02. The van der Waals surface area contributed by atoms with Crippen LogP contribution in [0.4, 0.5) is 11.4 Å². The van der Waals surface area contributed by atoms with Gasteiger partial charge in [-0.2, -0.15) is 0 Å². The smallest absolute Gasteiger partial charge is 0.0603 e. The third kappa shape index (κ3) is 3.05. The predicted molar refractivity (Wildman–Crippen MR) is 81.7 cm³/mol. The van der Waals surface area contributed by atoms with E-state index in [1.807, 2.05) is 11.3 Å². The Balaban J connectivity index is 2.08. The molecule has 0 aliphatic heterocycles. The Morgan fingerprint density at radius 2 is 1.89 bits per heavy atom. The minimum atomic E-state index is 0.412. The quantitative estimate of drug-likeness (QED) is 0.858. The summed E-state index contributed by atoms with van der Waals surface area (Å²) in [7, 11) is 4.12. The maximum absolute atomic E-state index is 3.59. The Hall–Kier alpha value is -1.48. The maximum Gasteiger partial charge on any atom is 0.0603 e. The van der Waals surface area contributed by atoms with Crippen molar-refractivity contribution in [2.45, 2.75) is 19.4 Å². The monoisotopic (exact) mass is 260 g/mol.